The molecule has 0 amide bonds. The molecule has 0 saturated carbocycles. The minimum atomic E-state index is -3.49. The third kappa shape index (κ3) is 5.31. The molecule has 1 aromatic heterocycles. The first-order chi connectivity index (χ1) is 13.0. The summed E-state index contributed by atoms with van der Waals surface area (Å²) in [7, 11) is -3.49. The lowest BCUT2D eigenvalue weighted by atomic mass is 9.95. The Morgan fingerprint density at radius 1 is 1.26 bits per heavy atom. The quantitative estimate of drug-likeness (QED) is 0.725. The summed E-state index contributed by atoms with van der Waals surface area (Å²) in [5.74, 6) is 1.38. The van der Waals surface area contributed by atoms with Gasteiger partial charge in [0.05, 0.1) is 11.5 Å². The van der Waals surface area contributed by atoms with Gasteiger partial charge in [0.1, 0.15) is 5.75 Å². The number of nitrogens with one attached hydrogen (secondary N) is 1. The summed E-state index contributed by atoms with van der Waals surface area (Å²) in [6.07, 6.45) is 2.29. The monoisotopic (exact) mass is 408 g/mol. The largest absolute Gasteiger partial charge is 0.494 e. The van der Waals surface area contributed by atoms with Crippen LogP contribution in [0.5, 0.6) is 5.75 Å². The van der Waals surface area contributed by atoms with Crippen LogP contribution in [0, 0.1) is 6.92 Å². The Kier molecular flexibility index (Phi) is 6.92. The van der Waals surface area contributed by atoms with Crippen LogP contribution in [-0.2, 0) is 10.0 Å². The van der Waals surface area contributed by atoms with E-state index < -0.39 is 10.0 Å². The molecule has 1 N–H and O–H groups in total. The van der Waals surface area contributed by atoms with Crippen LogP contribution in [0.25, 0.3) is 0 Å². The average Bonchev–Trinajstić information content (AvgIpc) is 3.19. The van der Waals surface area contributed by atoms with Gasteiger partial charge in [0.2, 0.25) is 10.0 Å². The van der Waals surface area contributed by atoms with Crippen LogP contribution in [0.3, 0.4) is 0 Å². The van der Waals surface area contributed by atoms with Crippen LogP contribution in [0.2, 0.25) is 0 Å². The second kappa shape index (κ2) is 9.19. The van der Waals surface area contributed by atoms with Gasteiger partial charge in [-0.25, -0.2) is 13.1 Å². The van der Waals surface area contributed by atoms with Gasteiger partial charge in [-0.1, -0.05) is 6.07 Å². The van der Waals surface area contributed by atoms with Crippen molar-refractivity contribution in [3.63, 3.8) is 0 Å². The van der Waals surface area contributed by atoms with Gasteiger partial charge in [0.15, 0.2) is 0 Å². The maximum atomic E-state index is 12.5. The average molecular weight is 409 g/mol. The summed E-state index contributed by atoms with van der Waals surface area (Å²) in [6.45, 7) is 7.55. The zero-order chi connectivity index (χ0) is 19.3. The number of hydrogen-bond donors (Lipinski definition) is 1. The Bertz CT molecular complexity index is 827. The number of sulfonamides is 1. The molecule has 5 nitrogen and oxygen atoms in total. The highest BCUT2D eigenvalue weighted by molar-refractivity contribution is 7.89. The van der Waals surface area contributed by atoms with E-state index in [1.54, 1.807) is 18.2 Å². The number of hydrogen-bond acceptors (Lipinski definition) is 5. The fourth-order valence-corrected chi connectivity index (χ4v) is 5.50. The first-order valence-electron chi connectivity index (χ1n) is 9.48. The van der Waals surface area contributed by atoms with Gasteiger partial charge in [0, 0.05) is 18.0 Å². The van der Waals surface area contributed by atoms with Crippen molar-refractivity contribution in [1.82, 2.24) is 9.62 Å². The number of likely N-dealkylation sites (tertiary alicyclic amines) is 1. The fraction of sp³-hybridized carbons (Fsp3) is 0.500. The molecule has 0 spiro atoms. The maximum absolute atomic E-state index is 12.5. The molecule has 2 aromatic rings. The molecule has 2 heterocycles. The molecule has 0 aliphatic carbocycles. The van der Waals surface area contributed by atoms with Crippen LogP contribution in [0.15, 0.2) is 40.6 Å². The van der Waals surface area contributed by atoms with Crippen molar-refractivity contribution >= 4 is 21.4 Å². The molecule has 0 unspecified atom stereocenters. The van der Waals surface area contributed by atoms with Crippen molar-refractivity contribution < 1.29 is 13.2 Å². The molecule has 0 bridgehead atoms. The van der Waals surface area contributed by atoms with Crippen LogP contribution >= 0.6 is 11.3 Å². The van der Waals surface area contributed by atoms with Gasteiger partial charge in [-0.15, -0.1) is 11.3 Å². The lowest BCUT2D eigenvalue weighted by Gasteiger charge is -2.31. The van der Waals surface area contributed by atoms with Gasteiger partial charge < -0.3 is 9.64 Å². The highest BCUT2D eigenvalue weighted by Gasteiger charge is 2.22. The topological polar surface area (TPSA) is 58.6 Å². The highest BCUT2D eigenvalue weighted by Crippen LogP contribution is 2.30. The molecule has 1 aromatic carbocycles. The van der Waals surface area contributed by atoms with Crippen LogP contribution in [0.1, 0.15) is 36.1 Å². The van der Waals surface area contributed by atoms with E-state index in [0.29, 0.717) is 24.0 Å². The molecule has 7 heteroatoms. The summed E-state index contributed by atoms with van der Waals surface area (Å²) in [5.41, 5.74) is 0.829. The van der Waals surface area contributed by atoms with Gasteiger partial charge in [-0.2, -0.15) is 0 Å². The van der Waals surface area contributed by atoms with E-state index in [1.165, 1.54) is 4.88 Å². The Morgan fingerprint density at radius 2 is 2.04 bits per heavy atom. The predicted octanol–water partition coefficient (Wildman–Crippen LogP) is 3.61. The molecular weight excluding hydrogens is 380 g/mol. The number of benzene rings is 1. The molecule has 27 heavy (non-hydrogen) atoms. The standard InChI is InChI=1S/C20H28N2O3S2/c1-3-25-19-7-6-18(15-16(19)2)27(23,24)21-10-13-22-11-8-17(9-12-22)20-5-4-14-26-20/h4-7,14-15,17,21H,3,8-13H2,1-2H3. The molecule has 1 saturated heterocycles. The van der Waals surface area contributed by atoms with E-state index in [1.807, 2.05) is 25.2 Å². The lowest BCUT2D eigenvalue weighted by Crippen LogP contribution is -2.39. The molecule has 0 atom stereocenters. The number of aryl methyl sites for hydroxylation is 1. The molecule has 1 aliphatic rings. The third-order valence-electron chi connectivity index (χ3n) is 5.01. The van der Waals surface area contributed by atoms with Crippen molar-refractivity contribution in [1.29, 1.82) is 0 Å². The summed E-state index contributed by atoms with van der Waals surface area (Å²) >= 11 is 1.84. The number of thiophene rings is 1. The fourth-order valence-electron chi connectivity index (χ4n) is 3.49. The molecule has 1 fully saturated rings. The van der Waals surface area contributed by atoms with E-state index in [9.17, 15) is 8.42 Å². The maximum Gasteiger partial charge on any atom is 0.240 e. The van der Waals surface area contributed by atoms with Crippen molar-refractivity contribution in [3.8, 4) is 5.75 Å². The van der Waals surface area contributed by atoms with Crippen molar-refractivity contribution in [2.24, 2.45) is 0 Å². The minimum Gasteiger partial charge on any atom is -0.494 e. The van der Waals surface area contributed by atoms with Crippen molar-refractivity contribution in [3.05, 3.63) is 46.2 Å². The minimum absolute atomic E-state index is 0.292. The van der Waals surface area contributed by atoms with E-state index in [0.717, 1.165) is 43.8 Å². The third-order valence-corrected chi connectivity index (χ3v) is 7.50. The number of ether oxygens (including phenoxy) is 1. The predicted molar refractivity (Wildman–Crippen MR) is 110 cm³/mol. The van der Waals surface area contributed by atoms with E-state index in [2.05, 4.69) is 27.1 Å². The smallest absolute Gasteiger partial charge is 0.240 e. The number of rotatable bonds is 8. The summed E-state index contributed by atoms with van der Waals surface area (Å²) < 4.78 is 33.3. The lowest BCUT2D eigenvalue weighted by molar-refractivity contribution is 0.217. The van der Waals surface area contributed by atoms with E-state index in [4.69, 9.17) is 4.74 Å². The Balaban J connectivity index is 1.48. The van der Waals surface area contributed by atoms with Gasteiger partial charge in [-0.3, -0.25) is 0 Å². The molecule has 148 valence electrons. The zero-order valence-electron chi connectivity index (χ0n) is 16.0. The highest BCUT2D eigenvalue weighted by atomic mass is 32.2. The summed E-state index contributed by atoms with van der Waals surface area (Å²) in [6, 6.07) is 9.33. The molecule has 0 radical (unpaired) electrons. The Hall–Kier alpha value is -1.41. The molecular formula is C20H28N2O3S2. The van der Waals surface area contributed by atoms with Gasteiger partial charge in [0.25, 0.3) is 0 Å². The second-order valence-electron chi connectivity index (χ2n) is 6.89. The van der Waals surface area contributed by atoms with Crippen molar-refractivity contribution in [2.75, 3.05) is 32.8 Å². The Morgan fingerprint density at radius 3 is 2.67 bits per heavy atom. The normalized spacial score (nSPS) is 16.5. The number of nitrogens with zero attached hydrogens (tertiary/aromatic N) is 1. The molecule has 1 aliphatic heterocycles. The van der Waals surface area contributed by atoms with Gasteiger partial charge >= 0.3 is 0 Å². The SMILES string of the molecule is CCOc1ccc(S(=O)(=O)NCCN2CCC(c3cccs3)CC2)cc1C. The number of piperidine rings is 1. The van der Waals surface area contributed by atoms with Crippen molar-refractivity contribution in [2.45, 2.75) is 37.5 Å². The second-order valence-corrected chi connectivity index (χ2v) is 9.64. The summed E-state index contributed by atoms with van der Waals surface area (Å²) in [4.78, 5) is 4.11. The zero-order valence-corrected chi connectivity index (χ0v) is 17.6. The van der Waals surface area contributed by atoms with Crippen LogP contribution in [0.4, 0.5) is 0 Å². The van der Waals surface area contributed by atoms with E-state index in [-0.39, 0.29) is 0 Å². The first-order valence-corrected chi connectivity index (χ1v) is 11.8. The first kappa shape index (κ1) is 20.3. The van der Waals surface area contributed by atoms with E-state index >= 15 is 0 Å². The summed E-state index contributed by atoms with van der Waals surface area (Å²) in [5, 5.41) is 2.14. The van der Waals surface area contributed by atoms with Crippen LogP contribution in [-0.4, -0.2) is 46.1 Å². The molecule has 3 rings (SSSR count). The van der Waals surface area contributed by atoms with Gasteiger partial charge in [-0.05, 0) is 80.9 Å². The van der Waals surface area contributed by atoms with Crippen LogP contribution < -0.4 is 9.46 Å². The Labute approximate surface area is 166 Å².